The van der Waals surface area contributed by atoms with Crippen LogP contribution in [-0.4, -0.2) is 34.4 Å². The molecule has 1 atom stereocenters. The van der Waals surface area contributed by atoms with Crippen molar-refractivity contribution in [3.05, 3.63) is 58.2 Å². The van der Waals surface area contributed by atoms with Crippen molar-refractivity contribution < 1.29 is 9.13 Å². The zero-order valence-corrected chi connectivity index (χ0v) is 17.5. The van der Waals surface area contributed by atoms with Crippen molar-refractivity contribution in [2.24, 2.45) is 0 Å². The van der Waals surface area contributed by atoms with Crippen molar-refractivity contribution in [2.75, 3.05) is 25.0 Å². The molecule has 2 N–H and O–H groups in total. The van der Waals surface area contributed by atoms with Gasteiger partial charge in [0.2, 0.25) is 0 Å². The van der Waals surface area contributed by atoms with Crippen molar-refractivity contribution >= 4 is 29.0 Å². The number of nitrogens with zero attached hydrogens (tertiary/aromatic N) is 3. The van der Waals surface area contributed by atoms with Gasteiger partial charge in [-0.3, -0.25) is 4.68 Å². The molecule has 0 aliphatic carbocycles. The fraction of sp³-hybridized carbons (Fsp3) is 0.333. The number of ether oxygens (including phenoxy) is 1. The monoisotopic (exact) mass is 447 g/mol. The first-order valence-electron chi connectivity index (χ1n) is 9.89. The van der Waals surface area contributed by atoms with Crippen molar-refractivity contribution in [3.8, 4) is 16.9 Å². The summed E-state index contributed by atoms with van der Waals surface area (Å²) in [5.41, 5.74) is 2.30. The van der Waals surface area contributed by atoms with Gasteiger partial charge in [0.05, 0.1) is 23.8 Å². The lowest BCUT2D eigenvalue weighted by atomic mass is 10.1. The van der Waals surface area contributed by atoms with Crippen LogP contribution in [0.4, 0.5) is 10.2 Å². The Kier molecular flexibility index (Phi) is 5.26. The minimum absolute atomic E-state index is 0.0230. The number of piperidine rings is 1. The molecule has 1 unspecified atom stereocenters. The molecular weight excluding hydrogens is 428 g/mol. The molecule has 1 aromatic carbocycles. The van der Waals surface area contributed by atoms with E-state index >= 15 is 0 Å². The first kappa shape index (κ1) is 19.6. The molecule has 0 radical (unpaired) electrons. The Morgan fingerprint density at radius 3 is 2.80 bits per heavy atom. The van der Waals surface area contributed by atoms with Crippen molar-refractivity contribution in [2.45, 2.75) is 25.0 Å². The number of nitrogens with one attached hydrogen (secondary N) is 2. The van der Waals surface area contributed by atoms with E-state index in [-0.39, 0.29) is 5.02 Å². The third-order valence-electron chi connectivity index (χ3n) is 5.60. The molecule has 6 nitrogen and oxygen atoms in total. The van der Waals surface area contributed by atoms with Gasteiger partial charge in [-0.1, -0.05) is 23.2 Å². The van der Waals surface area contributed by atoms with Crippen LogP contribution in [-0.2, 0) is 0 Å². The zero-order chi connectivity index (χ0) is 20.7. The first-order valence-corrected chi connectivity index (χ1v) is 10.6. The van der Waals surface area contributed by atoms with E-state index < -0.39 is 11.9 Å². The van der Waals surface area contributed by atoms with Crippen molar-refractivity contribution in [1.29, 1.82) is 0 Å². The number of rotatable bonds is 3. The molecule has 0 bridgehead atoms. The molecule has 2 aliphatic heterocycles. The minimum atomic E-state index is -0.525. The number of hydrogen-bond donors (Lipinski definition) is 2. The summed E-state index contributed by atoms with van der Waals surface area (Å²) in [7, 11) is 0. The highest BCUT2D eigenvalue weighted by Crippen LogP contribution is 2.40. The van der Waals surface area contributed by atoms with E-state index in [9.17, 15) is 4.39 Å². The Bertz CT molecular complexity index is 1080. The molecule has 5 rings (SSSR count). The van der Waals surface area contributed by atoms with Gasteiger partial charge in [0.1, 0.15) is 11.9 Å². The Hall–Kier alpha value is -2.35. The largest absolute Gasteiger partial charge is 0.480 e. The van der Waals surface area contributed by atoms with Gasteiger partial charge < -0.3 is 15.4 Å². The van der Waals surface area contributed by atoms with E-state index in [1.54, 1.807) is 6.20 Å². The average molecular weight is 448 g/mol. The minimum Gasteiger partial charge on any atom is -0.480 e. The van der Waals surface area contributed by atoms with Crippen molar-refractivity contribution in [3.63, 3.8) is 0 Å². The zero-order valence-electron chi connectivity index (χ0n) is 16.0. The SMILES string of the molecule is Fc1ccc(Cl)c(C2CNc3ncc(-c4cnn(C5CCNCC5)c4)cc3O2)c1Cl. The predicted molar refractivity (Wildman–Crippen MR) is 115 cm³/mol. The van der Waals surface area contributed by atoms with E-state index in [2.05, 4.69) is 20.7 Å². The number of hydrogen-bond acceptors (Lipinski definition) is 5. The summed E-state index contributed by atoms with van der Waals surface area (Å²) in [5.74, 6) is 0.668. The lowest BCUT2D eigenvalue weighted by molar-refractivity contribution is 0.209. The smallest absolute Gasteiger partial charge is 0.168 e. The number of benzene rings is 1. The molecule has 4 heterocycles. The molecular formula is C21H20Cl2FN5O. The quantitative estimate of drug-likeness (QED) is 0.561. The Morgan fingerprint density at radius 1 is 1.13 bits per heavy atom. The van der Waals surface area contributed by atoms with Crippen molar-refractivity contribution in [1.82, 2.24) is 20.1 Å². The van der Waals surface area contributed by atoms with E-state index in [1.165, 1.54) is 12.1 Å². The van der Waals surface area contributed by atoms with Gasteiger partial charge >= 0.3 is 0 Å². The number of aromatic nitrogens is 3. The Labute approximate surface area is 183 Å². The summed E-state index contributed by atoms with van der Waals surface area (Å²) in [4.78, 5) is 4.48. The highest BCUT2D eigenvalue weighted by molar-refractivity contribution is 6.36. The van der Waals surface area contributed by atoms with Gasteiger partial charge in [0.25, 0.3) is 0 Å². The molecule has 9 heteroatoms. The normalized spacial score (nSPS) is 19.1. The van der Waals surface area contributed by atoms with Crippen LogP contribution in [0.25, 0.3) is 11.1 Å². The molecule has 156 valence electrons. The summed E-state index contributed by atoms with van der Waals surface area (Å²) in [5, 5.41) is 11.5. The van der Waals surface area contributed by atoms with Gasteiger partial charge in [0.15, 0.2) is 11.6 Å². The summed E-state index contributed by atoms with van der Waals surface area (Å²) in [6.07, 6.45) is 7.29. The van der Waals surface area contributed by atoms with Gasteiger partial charge in [-0.2, -0.15) is 5.10 Å². The molecule has 30 heavy (non-hydrogen) atoms. The van der Waals surface area contributed by atoms with E-state index in [0.717, 1.165) is 37.1 Å². The molecule has 0 spiro atoms. The molecule has 2 aromatic heterocycles. The number of fused-ring (bicyclic) bond motifs is 1. The van der Waals surface area contributed by atoms with Crippen LogP contribution >= 0.6 is 23.2 Å². The topological polar surface area (TPSA) is 64.0 Å². The van der Waals surface area contributed by atoms with Crippen LogP contribution in [0, 0.1) is 5.82 Å². The van der Waals surface area contributed by atoms with E-state index in [4.69, 9.17) is 27.9 Å². The van der Waals surface area contributed by atoms with Crippen LogP contribution in [0.15, 0.2) is 36.8 Å². The standard InChI is InChI=1S/C21H20Cl2FN5O/c22-15-1-2-16(24)20(23)19(15)18-10-27-21-17(30-18)7-12(8-26-21)13-9-28-29(11-13)14-3-5-25-6-4-14/h1-2,7-9,11,14,18,25H,3-6,10H2,(H,26,27). The van der Waals surface area contributed by atoms with Gasteiger partial charge in [0, 0.05) is 34.1 Å². The van der Waals surface area contributed by atoms with Gasteiger partial charge in [-0.15, -0.1) is 0 Å². The second kappa shape index (κ2) is 8.06. The summed E-state index contributed by atoms with van der Waals surface area (Å²) in [6.45, 7) is 2.40. The average Bonchev–Trinajstić information content (AvgIpc) is 3.27. The van der Waals surface area contributed by atoms with Crippen LogP contribution in [0.1, 0.15) is 30.6 Å². The van der Waals surface area contributed by atoms with Gasteiger partial charge in [-0.05, 0) is 44.1 Å². The third kappa shape index (κ3) is 3.62. The predicted octanol–water partition coefficient (Wildman–Crippen LogP) is 4.86. The lowest BCUT2D eigenvalue weighted by Crippen LogP contribution is -2.29. The van der Waals surface area contributed by atoms with Crippen LogP contribution in [0.5, 0.6) is 5.75 Å². The number of halogens is 3. The first-order chi connectivity index (χ1) is 14.6. The molecule has 2 aliphatic rings. The maximum atomic E-state index is 14.0. The molecule has 1 fully saturated rings. The fourth-order valence-corrected chi connectivity index (χ4v) is 4.58. The Balaban J connectivity index is 1.42. The lowest BCUT2D eigenvalue weighted by Gasteiger charge is -2.28. The number of anilines is 1. The second-order valence-corrected chi connectivity index (χ2v) is 8.29. The summed E-state index contributed by atoms with van der Waals surface area (Å²) < 4.78 is 22.1. The Morgan fingerprint density at radius 2 is 1.97 bits per heavy atom. The fourth-order valence-electron chi connectivity index (χ4n) is 3.97. The summed E-state index contributed by atoms with van der Waals surface area (Å²) >= 11 is 12.4. The van der Waals surface area contributed by atoms with Gasteiger partial charge in [-0.25, -0.2) is 9.37 Å². The van der Waals surface area contributed by atoms with Crippen LogP contribution < -0.4 is 15.4 Å². The highest BCUT2D eigenvalue weighted by atomic mass is 35.5. The summed E-state index contributed by atoms with van der Waals surface area (Å²) in [6, 6.07) is 5.05. The second-order valence-electron chi connectivity index (χ2n) is 7.51. The highest BCUT2D eigenvalue weighted by Gasteiger charge is 2.27. The molecule has 0 amide bonds. The molecule has 0 saturated carbocycles. The van der Waals surface area contributed by atoms with E-state index in [1.807, 2.05) is 23.1 Å². The van der Waals surface area contributed by atoms with Crippen LogP contribution in [0.3, 0.4) is 0 Å². The molecule has 3 aromatic rings. The molecule has 1 saturated heterocycles. The maximum absolute atomic E-state index is 14.0. The number of pyridine rings is 1. The maximum Gasteiger partial charge on any atom is 0.168 e. The third-order valence-corrected chi connectivity index (χ3v) is 6.31. The van der Waals surface area contributed by atoms with Crippen LogP contribution in [0.2, 0.25) is 10.0 Å². The van der Waals surface area contributed by atoms with E-state index in [0.29, 0.717) is 34.7 Å².